The van der Waals surface area contributed by atoms with E-state index in [0.717, 1.165) is 0 Å². The number of halogens is 1. The highest BCUT2D eigenvalue weighted by atomic mass is 35.5. The van der Waals surface area contributed by atoms with E-state index in [4.69, 9.17) is 16.7 Å². The number of benzene rings is 1. The molecule has 1 aromatic carbocycles. The van der Waals surface area contributed by atoms with Gasteiger partial charge in [0, 0.05) is 6.07 Å². The third kappa shape index (κ3) is 2.55. The Morgan fingerprint density at radius 1 is 1.57 bits per heavy atom. The van der Waals surface area contributed by atoms with Crippen molar-refractivity contribution in [2.45, 2.75) is 0 Å². The van der Waals surface area contributed by atoms with Crippen LogP contribution < -0.4 is 0 Å². The molecule has 0 aromatic heterocycles. The quantitative estimate of drug-likeness (QED) is 0.619. The molecule has 0 radical (unpaired) electrons. The van der Waals surface area contributed by atoms with Gasteiger partial charge in [-0.3, -0.25) is 10.1 Å². The van der Waals surface area contributed by atoms with E-state index in [1.165, 1.54) is 18.2 Å². The molecule has 0 bridgehead atoms. The van der Waals surface area contributed by atoms with Crippen molar-refractivity contribution in [2.24, 2.45) is 0 Å². The van der Waals surface area contributed by atoms with E-state index < -0.39 is 4.92 Å². The lowest BCUT2D eigenvalue weighted by atomic mass is 10.2. The van der Waals surface area contributed by atoms with Crippen molar-refractivity contribution in [2.75, 3.05) is 6.61 Å². The van der Waals surface area contributed by atoms with Gasteiger partial charge in [-0.25, -0.2) is 0 Å². The Balaban J connectivity index is 3.06. The third-order valence-corrected chi connectivity index (χ3v) is 1.90. The molecule has 1 rings (SSSR count). The van der Waals surface area contributed by atoms with Crippen molar-refractivity contribution >= 4 is 23.4 Å². The molecule has 0 fully saturated rings. The third-order valence-electron chi connectivity index (χ3n) is 1.58. The minimum atomic E-state index is -0.543. The van der Waals surface area contributed by atoms with Gasteiger partial charge in [-0.1, -0.05) is 29.8 Å². The van der Waals surface area contributed by atoms with Crippen LogP contribution in [0.3, 0.4) is 0 Å². The number of hydrogen-bond donors (Lipinski definition) is 1. The van der Waals surface area contributed by atoms with Gasteiger partial charge in [-0.05, 0) is 11.6 Å². The SMILES string of the molecule is O=[N+]([O-])c1cc(/C=C/CO)ccc1Cl. The summed E-state index contributed by atoms with van der Waals surface area (Å²) in [6.07, 6.45) is 3.08. The zero-order valence-electron chi connectivity index (χ0n) is 7.18. The van der Waals surface area contributed by atoms with Gasteiger partial charge in [0.25, 0.3) is 5.69 Å². The monoisotopic (exact) mass is 213 g/mol. The molecule has 0 saturated heterocycles. The average Bonchev–Trinajstić information content (AvgIpc) is 2.16. The maximum absolute atomic E-state index is 10.5. The summed E-state index contributed by atoms with van der Waals surface area (Å²) >= 11 is 5.61. The summed E-state index contributed by atoms with van der Waals surface area (Å²) in [5.74, 6) is 0. The molecule has 0 amide bonds. The largest absolute Gasteiger partial charge is 0.392 e. The van der Waals surface area contributed by atoms with E-state index in [-0.39, 0.29) is 17.3 Å². The van der Waals surface area contributed by atoms with Gasteiger partial charge in [0.2, 0.25) is 0 Å². The van der Waals surface area contributed by atoms with E-state index in [2.05, 4.69) is 0 Å². The number of hydrogen-bond acceptors (Lipinski definition) is 3. The molecule has 74 valence electrons. The van der Waals surface area contributed by atoms with E-state index in [0.29, 0.717) is 5.56 Å². The lowest BCUT2D eigenvalue weighted by Gasteiger charge is -1.96. The number of aliphatic hydroxyl groups excluding tert-OH is 1. The van der Waals surface area contributed by atoms with Crippen LogP contribution in [0, 0.1) is 10.1 Å². The molecule has 1 N–H and O–H groups in total. The normalized spacial score (nSPS) is 10.7. The van der Waals surface area contributed by atoms with Crippen LogP contribution in [0.4, 0.5) is 5.69 Å². The summed E-state index contributed by atoms with van der Waals surface area (Å²) < 4.78 is 0. The fraction of sp³-hybridized carbons (Fsp3) is 0.111. The van der Waals surface area contributed by atoms with Gasteiger partial charge in [0.15, 0.2) is 0 Å². The van der Waals surface area contributed by atoms with Crippen LogP contribution >= 0.6 is 11.6 Å². The first kappa shape index (κ1) is 10.7. The molecule has 0 aliphatic carbocycles. The molecule has 0 atom stereocenters. The summed E-state index contributed by atoms with van der Waals surface area (Å²) in [7, 11) is 0. The Morgan fingerprint density at radius 2 is 2.29 bits per heavy atom. The number of nitro benzene ring substituents is 1. The van der Waals surface area contributed by atoms with Crippen LogP contribution in [-0.4, -0.2) is 16.6 Å². The lowest BCUT2D eigenvalue weighted by molar-refractivity contribution is -0.384. The highest BCUT2D eigenvalue weighted by molar-refractivity contribution is 6.32. The standard InChI is InChI=1S/C9H8ClNO3/c10-8-4-3-7(2-1-5-12)6-9(8)11(13)14/h1-4,6,12H,5H2/b2-1+. The minimum absolute atomic E-state index is 0.101. The molecule has 0 unspecified atom stereocenters. The van der Waals surface area contributed by atoms with Crippen LogP contribution in [0.15, 0.2) is 24.3 Å². The second-order valence-corrected chi connectivity index (χ2v) is 2.96. The summed E-state index contributed by atoms with van der Waals surface area (Å²) in [5, 5.41) is 19.1. The summed E-state index contributed by atoms with van der Waals surface area (Å²) in [5.41, 5.74) is 0.502. The van der Waals surface area contributed by atoms with Crippen molar-refractivity contribution in [3.8, 4) is 0 Å². The first-order valence-corrected chi connectivity index (χ1v) is 4.24. The number of aliphatic hydroxyl groups is 1. The number of rotatable bonds is 3. The Kier molecular flexibility index (Phi) is 3.62. The zero-order chi connectivity index (χ0) is 10.6. The molecule has 4 nitrogen and oxygen atoms in total. The molecular weight excluding hydrogens is 206 g/mol. The van der Waals surface area contributed by atoms with Crippen molar-refractivity contribution in [3.63, 3.8) is 0 Å². The fourth-order valence-electron chi connectivity index (χ4n) is 0.962. The molecule has 5 heteroatoms. The molecule has 0 heterocycles. The van der Waals surface area contributed by atoms with Crippen LogP contribution in [-0.2, 0) is 0 Å². The van der Waals surface area contributed by atoms with E-state index in [9.17, 15) is 10.1 Å². The van der Waals surface area contributed by atoms with Crippen LogP contribution in [0.5, 0.6) is 0 Å². The van der Waals surface area contributed by atoms with E-state index >= 15 is 0 Å². The Hall–Kier alpha value is -1.39. The van der Waals surface area contributed by atoms with Crippen molar-refractivity contribution < 1.29 is 10.0 Å². The zero-order valence-corrected chi connectivity index (χ0v) is 7.94. The predicted octanol–water partition coefficient (Wildman–Crippen LogP) is 2.25. The molecule has 14 heavy (non-hydrogen) atoms. The highest BCUT2D eigenvalue weighted by Gasteiger charge is 2.11. The Labute approximate surface area is 85.6 Å². The number of nitrogens with zero attached hydrogens (tertiary/aromatic N) is 1. The fourth-order valence-corrected chi connectivity index (χ4v) is 1.15. The average molecular weight is 214 g/mol. The lowest BCUT2D eigenvalue weighted by Crippen LogP contribution is -1.89. The Morgan fingerprint density at radius 3 is 2.86 bits per heavy atom. The van der Waals surface area contributed by atoms with Crippen LogP contribution in [0.2, 0.25) is 5.02 Å². The highest BCUT2D eigenvalue weighted by Crippen LogP contribution is 2.25. The van der Waals surface area contributed by atoms with Gasteiger partial charge in [0.05, 0.1) is 11.5 Å². The van der Waals surface area contributed by atoms with Crippen LogP contribution in [0.1, 0.15) is 5.56 Å². The molecule has 0 saturated carbocycles. The molecule has 0 aliphatic rings. The van der Waals surface area contributed by atoms with Crippen molar-refractivity contribution in [1.82, 2.24) is 0 Å². The smallest absolute Gasteiger partial charge is 0.288 e. The number of nitro groups is 1. The molecule has 0 spiro atoms. The minimum Gasteiger partial charge on any atom is -0.392 e. The molecule has 0 aliphatic heterocycles. The van der Waals surface area contributed by atoms with Gasteiger partial charge in [-0.2, -0.15) is 0 Å². The molecular formula is C9H8ClNO3. The Bertz CT molecular complexity index is 376. The summed E-state index contributed by atoms with van der Waals surface area (Å²) in [4.78, 5) is 9.95. The maximum atomic E-state index is 10.5. The van der Waals surface area contributed by atoms with E-state index in [1.807, 2.05) is 0 Å². The topological polar surface area (TPSA) is 63.4 Å². The predicted molar refractivity (Wildman–Crippen MR) is 54.2 cm³/mol. The van der Waals surface area contributed by atoms with Crippen molar-refractivity contribution in [1.29, 1.82) is 0 Å². The first-order valence-electron chi connectivity index (χ1n) is 3.86. The van der Waals surface area contributed by atoms with Gasteiger partial charge in [-0.15, -0.1) is 0 Å². The van der Waals surface area contributed by atoms with Crippen LogP contribution in [0.25, 0.3) is 6.08 Å². The van der Waals surface area contributed by atoms with Gasteiger partial charge < -0.3 is 5.11 Å². The van der Waals surface area contributed by atoms with E-state index in [1.54, 1.807) is 12.1 Å². The summed E-state index contributed by atoms with van der Waals surface area (Å²) in [6, 6.07) is 4.45. The van der Waals surface area contributed by atoms with Crippen molar-refractivity contribution in [3.05, 3.63) is 45.0 Å². The first-order chi connectivity index (χ1) is 6.65. The summed E-state index contributed by atoms with van der Waals surface area (Å²) in [6.45, 7) is -0.101. The second-order valence-electron chi connectivity index (χ2n) is 2.55. The molecule has 1 aromatic rings. The second kappa shape index (κ2) is 4.74. The van der Waals surface area contributed by atoms with Gasteiger partial charge in [0.1, 0.15) is 5.02 Å². The van der Waals surface area contributed by atoms with Gasteiger partial charge >= 0.3 is 0 Å². The maximum Gasteiger partial charge on any atom is 0.288 e.